The average Bonchev–Trinajstić information content (AvgIpc) is 2.42. The summed E-state index contributed by atoms with van der Waals surface area (Å²) in [6.07, 6.45) is 6.23. The van der Waals surface area contributed by atoms with Crippen LogP contribution >= 0.6 is 0 Å². The molecule has 3 N–H and O–H groups in total. The summed E-state index contributed by atoms with van der Waals surface area (Å²) in [5.41, 5.74) is 7.18. The van der Waals surface area contributed by atoms with E-state index in [9.17, 15) is 0 Å². The van der Waals surface area contributed by atoms with Gasteiger partial charge in [0.1, 0.15) is 5.75 Å². The molecule has 1 aliphatic carbocycles. The van der Waals surface area contributed by atoms with E-state index in [1.165, 1.54) is 31.2 Å². The van der Waals surface area contributed by atoms with E-state index in [1.54, 1.807) is 0 Å². The fourth-order valence-electron chi connectivity index (χ4n) is 2.87. The molecule has 1 unspecified atom stereocenters. The van der Waals surface area contributed by atoms with Crippen LogP contribution in [-0.2, 0) is 0 Å². The molecule has 1 aromatic rings. The van der Waals surface area contributed by atoms with Crippen molar-refractivity contribution in [2.45, 2.75) is 38.1 Å². The molecule has 4 heteroatoms. The molecule has 0 spiro atoms. The van der Waals surface area contributed by atoms with Gasteiger partial charge in [0.25, 0.3) is 0 Å². The summed E-state index contributed by atoms with van der Waals surface area (Å²) in [7, 11) is 0. The van der Waals surface area contributed by atoms with Crippen LogP contribution in [0.15, 0.2) is 29.3 Å². The zero-order valence-corrected chi connectivity index (χ0v) is 11.8. The van der Waals surface area contributed by atoms with Crippen molar-refractivity contribution >= 4 is 5.96 Å². The maximum atomic E-state index is 6.01. The van der Waals surface area contributed by atoms with Gasteiger partial charge < -0.3 is 15.8 Å². The van der Waals surface area contributed by atoms with E-state index >= 15 is 0 Å². The van der Waals surface area contributed by atoms with Crippen LogP contribution < -0.4 is 15.8 Å². The number of fused-ring (bicyclic) bond motifs is 1. The van der Waals surface area contributed by atoms with E-state index in [0.29, 0.717) is 5.96 Å². The summed E-state index contributed by atoms with van der Waals surface area (Å²) >= 11 is 0. The molecular formula is C16H23N3O. The van der Waals surface area contributed by atoms with Gasteiger partial charge in [-0.3, -0.25) is 4.99 Å². The molecule has 0 saturated heterocycles. The lowest BCUT2D eigenvalue weighted by Gasteiger charge is -2.27. The molecule has 1 aromatic carbocycles. The Morgan fingerprint density at radius 1 is 1.30 bits per heavy atom. The van der Waals surface area contributed by atoms with E-state index in [2.05, 4.69) is 16.4 Å². The molecule has 1 atom stereocenters. The Labute approximate surface area is 120 Å². The van der Waals surface area contributed by atoms with Crippen LogP contribution in [0.2, 0.25) is 0 Å². The molecule has 0 amide bonds. The number of nitrogens with zero attached hydrogens (tertiary/aromatic N) is 1. The Hall–Kier alpha value is -1.71. The molecule has 1 fully saturated rings. The van der Waals surface area contributed by atoms with Crippen molar-refractivity contribution in [2.75, 3.05) is 13.2 Å². The van der Waals surface area contributed by atoms with Gasteiger partial charge in [0.15, 0.2) is 5.96 Å². The first-order valence-electron chi connectivity index (χ1n) is 7.61. The highest BCUT2D eigenvalue weighted by molar-refractivity contribution is 5.78. The third kappa shape index (κ3) is 3.06. The largest absolute Gasteiger partial charge is 0.493 e. The normalized spacial score (nSPS) is 22.6. The number of rotatable bonds is 4. The summed E-state index contributed by atoms with van der Waals surface area (Å²) in [6, 6.07) is 8.34. The van der Waals surface area contributed by atoms with Gasteiger partial charge in [0.05, 0.1) is 12.6 Å². The highest BCUT2D eigenvalue weighted by Gasteiger charge is 2.21. The van der Waals surface area contributed by atoms with Crippen molar-refractivity contribution in [3.8, 4) is 5.75 Å². The van der Waals surface area contributed by atoms with Gasteiger partial charge in [-0.1, -0.05) is 37.5 Å². The van der Waals surface area contributed by atoms with Crippen molar-refractivity contribution < 1.29 is 4.74 Å². The van der Waals surface area contributed by atoms with Crippen molar-refractivity contribution in [1.82, 2.24) is 5.32 Å². The highest BCUT2D eigenvalue weighted by Crippen LogP contribution is 2.31. The minimum atomic E-state index is 0.215. The number of hydrogen-bond donors (Lipinski definition) is 2. The topological polar surface area (TPSA) is 59.6 Å². The number of ether oxygens (including phenoxy) is 1. The number of nitrogens with two attached hydrogens (primary N) is 1. The Kier molecular flexibility index (Phi) is 4.09. The molecule has 20 heavy (non-hydrogen) atoms. The standard InChI is InChI=1S/C16H23N3O/c17-16(18-10-8-12-4-3-5-12)19-14-9-11-20-15-7-2-1-6-13(14)15/h1-2,6-7,12,14H,3-5,8-11H2,(H3,17,18,19). The van der Waals surface area contributed by atoms with Crippen LogP contribution in [0.4, 0.5) is 0 Å². The summed E-state index contributed by atoms with van der Waals surface area (Å²) in [5, 5.41) is 3.33. The third-order valence-corrected chi connectivity index (χ3v) is 4.32. The van der Waals surface area contributed by atoms with Crippen molar-refractivity contribution in [3.63, 3.8) is 0 Å². The van der Waals surface area contributed by atoms with Crippen LogP contribution in [0.25, 0.3) is 0 Å². The lowest BCUT2D eigenvalue weighted by atomic mass is 9.83. The number of para-hydroxylation sites is 1. The van der Waals surface area contributed by atoms with Gasteiger partial charge in [-0.05, 0) is 18.4 Å². The second-order valence-corrected chi connectivity index (χ2v) is 5.72. The Morgan fingerprint density at radius 3 is 2.95 bits per heavy atom. The molecule has 0 aromatic heterocycles. The van der Waals surface area contributed by atoms with Gasteiger partial charge in [-0.15, -0.1) is 0 Å². The summed E-state index contributed by atoms with van der Waals surface area (Å²) in [5.74, 6) is 2.40. The summed E-state index contributed by atoms with van der Waals surface area (Å²) in [6.45, 7) is 1.57. The number of guanidine groups is 1. The monoisotopic (exact) mass is 273 g/mol. The molecule has 3 rings (SSSR count). The van der Waals surface area contributed by atoms with Crippen LogP contribution in [0, 0.1) is 5.92 Å². The highest BCUT2D eigenvalue weighted by atomic mass is 16.5. The first kappa shape index (κ1) is 13.3. The minimum absolute atomic E-state index is 0.215. The van der Waals surface area contributed by atoms with Crippen LogP contribution in [0.5, 0.6) is 5.75 Å². The first-order valence-corrected chi connectivity index (χ1v) is 7.61. The van der Waals surface area contributed by atoms with E-state index in [0.717, 1.165) is 31.2 Å². The number of benzene rings is 1. The first-order chi connectivity index (χ1) is 9.83. The van der Waals surface area contributed by atoms with Gasteiger partial charge in [-0.2, -0.15) is 0 Å². The predicted octanol–water partition coefficient (Wildman–Crippen LogP) is 2.60. The zero-order valence-electron chi connectivity index (χ0n) is 11.8. The van der Waals surface area contributed by atoms with Crippen LogP contribution in [-0.4, -0.2) is 19.1 Å². The van der Waals surface area contributed by atoms with Crippen LogP contribution in [0.1, 0.15) is 43.7 Å². The van der Waals surface area contributed by atoms with Gasteiger partial charge in [0.2, 0.25) is 0 Å². The van der Waals surface area contributed by atoms with E-state index in [4.69, 9.17) is 10.5 Å². The van der Waals surface area contributed by atoms with Crippen molar-refractivity contribution in [2.24, 2.45) is 16.6 Å². The molecule has 1 aliphatic heterocycles. The van der Waals surface area contributed by atoms with Gasteiger partial charge >= 0.3 is 0 Å². The molecule has 0 radical (unpaired) electrons. The summed E-state index contributed by atoms with van der Waals surface area (Å²) in [4.78, 5) is 4.46. The smallest absolute Gasteiger partial charge is 0.189 e. The second kappa shape index (κ2) is 6.16. The predicted molar refractivity (Wildman–Crippen MR) is 80.9 cm³/mol. The van der Waals surface area contributed by atoms with Crippen LogP contribution in [0.3, 0.4) is 0 Å². The molecule has 1 heterocycles. The fourth-order valence-corrected chi connectivity index (χ4v) is 2.87. The maximum absolute atomic E-state index is 6.01. The second-order valence-electron chi connectivity index (χ2n) is 5.72. The number of nitrogens with one attached hydrogen (secondary N) is 1. The lowest BCUT2D eigenvalue weighted by molar-refractivity contribution is 0.262. The van der Waals surface area contributed by atoms with Crippen molar-refractivity contribution in [3.05, 3.63) is 29.8 Å². The van der Waals surface area contributed by atoms with E-state index in [-0.39, 0.29) is 6.04 Å². The van der Waals surface area contributed by atoms with E-state index in [1.807, 2.05) is 18.2 Å². The molecule has 0 bridgehead atoms. The molecule has 1 saturated carbocycles. The lowest BCUT2D eigenvalue weighted by Crippen LogP contribution is -2.37. The maximum Gasteiger partial charge on any atom is 0.189 e. The van der Waals surface area contributed by atoms with Crippen molar-refractivity contribution in [1.29, 1.82) is 0 Å². The third-order valence-electron chi connectivity index (χ3n) is 4.32. The fraction of sp³-hybridized carbons (Fsp3) is 0.562. The summed E-state index contributed by atoms with van der Waals surface area (Å²) < 4.78 is 5.65. The molecule has 4 nitrogen and oxygen atoms in total. The van der Waals surface area contributed by atoms with Gasteiger partial charge in [-0.25, -0.2) is 0 Å². The SMILES string of the molecule is NC(=NCCC1CCC1)NC1CCOc2ccccc21. The average molecular weight is 273 g/mol. The Morgan fingerprint density at radius 2 is 2.15 bits per heavy atom. The quantitative estimate of drug-likeness (QED) is 0.655. The number of aliphatic imine (C=N–C) groups is 1. The molecule has 108 valence electrons. The van der Waals surface area contributed by atoms with E-state index < -0.39 is 0 Å². The zero-order chi connectivity index (χ0) is 13.8. The Bertz CT molecular complexity index is 482. The van der Waals surface area contributed by atoms with Gasteiger partial charge in [0, 0.05) is 18.5 Å². The molecular weight excluding hydrogens is 250 g/mol. The minimum Gasteiger partial charge on any atom is -0.493 e. The molecule has 2 aliphatic rings. The Balaban J connectivity index is 1.55. The number of hydrogen-bond acceptors (Lipinski definition) is 2.